The van der Waals surface area contributed by atoms with Crippen molar-refractivity contribution in [2.45, 2.75) is 38.4 Å². The monoisotopic (exact) mass is 212 g/mol. The number of ether oxygens (including phenoxy) is 1. The first-order valence-electron chi connectivity index (χ1n) is 5.30. The maximum atomic E-state index is 13.2. The van der Waals surface area contributed by atoms with Crippen LogP contribution in [0.5, 0.6) is 0 Å². The van der Waals surface area contributed by atoms with E-state index in [1.807, 2.05) is 6.92 Å². The Balaban J connectivity index is 1.94. The van der Waals surface area contributed by atoms with Gasteiger partial charge in [-0.15, -0.1) is 0 Å². The quantitative estimate of drug-likeness (QED) is 0.699. The van der Waals surface area contributed by atoms with Crippen molar-refractivity contribution < 1.29 is 13.5 Å². The van der Waals surface area contributed by atoms with Gasteiger partial charge in [0.2, 0.25) is 0 Å². The van der Waals surface area contributed by atoms with Gasteiger partial charge in [0, 0.05) is 5.56 Å². The van der Waals surface area contributed by atoms with Gasteiger partial charge in [0.1, 0.15) is 11.6 Å². The topological polar surface area (TPSA) is 12.5 Å². The molecule has 0 radical (unpaired) electrons. The highest BCUT2D eigenvalue weighted by molar-refractivity contribution is 5.20. The predicted octanol–water partition coefficient (Wildman–Crippen LogP) is 3.07. The molecule has 15 heavy (non-hydrogen) atoms. The Morgan fingerprint density at radius 2 is 1.87 bits per heavy atom. The molecule has 1 aliphatic rings. The zero-order valence-electron chi connectivity index (χ0n) is 8.67. The lowest BCUT2D eigenvalue weighted by atomic mass is 10.1. The van der Waals surface area contributed by atoms with E-state index in [0.717, 1.165) is 6.42 Å². The standard InChI is InChI=1S/C12H14F2O/c1-2-11-12(15-11)7-6-8-9(13)4-3-5-10(8)14/h3-5,11-12H,2,6-7H2,1H3. The van der Waals surface area contributed by atoms with Crippen LogP contribution in [0.3, 0.4) is 0 Å². The van der Waals surface area contributed by atoms with Crippen LogP contribution in [0.1, 0.15) is 25.3 Å². The van der Waals surface area contributed by atoms with Crippen LogP contribution in [-0.4, -0.2) is 12.2 Å². The Morgan fingerprint density at radius 1 is 1.20 bits per heavy atom. The summed E-state index contributed by atoms with van der Waals surface area (Å²) >= 11 is 0. The maximum absolute atomic E-state index is 13.2. The van der Waals surface area contributed by atoms with Crippen LogP contribution in [0, 0.1) is 11.6 Å². The smallest absolute Gasteiger partial charge is 0.129 e. The van der Waals surface area contributed by atoms with E-state index in [9.17, 15) is 8.78 Å². The van der Waals surface area contributed by atoms with Gasteiger partial charge in [-0.05, 0) is 31.4 Å². The largest absolute Gasteiger partial charge is 0.370 e. The molecule has 0 bridgehead atoms. The van der Waals surface area contributed by atoms with Gasteiger partial charge < -0.3 is 4.74 Å². The van der Waals surface area contributed by atoms with Crippen molar-refractivity contribution in [1.82, 2.24) is 0 Å². The van der Waals surface area contributed by atoms with Gasteiger partial charge in [-0.1, -0.05) is 13.0 Å². The summed E-state index contributed by atoms with van der Waals surface area (Å²) in [7, 11) is 0. The van der Waals surface area contributed by atoms with Crippen LogP contribution in [0.4, 0.5) is 8.78 Å². The SMILES string of the molecule is CCC1OC1CCc1c(F)cccc1F. The number of hydrogen-bond acceptors (Lipinski definition) is 1. The molecule has 2 rings (SSSR count). The van der Waals surface area contributed by atoms with Gasteiger partial charge in [-0.3, -0.25) is 0 Å². The lowest BCUT2D eigenvalue weighted by Crippen LogP contribution is -2.00. The maximum Gasteiger partial charge on any atom is 0.129 e. The number of benzene rings is 1. The van der Waals surface area contributed by atoms with E-state index >= 15 is 0 Å². The summed E-state index contributed by atoms with van der Waals surface area (Å²) in [4.78, 5) is 0. The molecule has 0 spiro atoms. The van der Waals surface area contributed by atoms with Crippen molar-refractivity contribution in [3.63, 3.8) is 0 Å². The van der Waals surface area contributed by atoms with Crippen LogP contribution < -0.4 is 0 Å². The molecule has 1 nitrogen and oxygen atoms in total. The average Bonchev–Trinajstić information content (AvgIpc) is 2.96. The molecule has 0 amide bonds. The molecule has 1 aliphatic heterocycles. The van der Waals surface area contributed by atoms with E-state index in [4.69, 9.17) is 4.74 Å². The normalized spacial score (nSPS) is 24.2. The third kappa shape index (κ3) is 2.34. The third-order valence-corrected chi connectivity index (χ3v) is 2.83. The summed E-state index contributed by atoms with van der Waals surface area (Å²) in [5.74, 6) is -0.910. The van der Waals surface area contributed by atoms with Crippen LogP contribution in [0.15, 0.2) is 18.2 Å². The second kappa shape index (κ2) is 4.27. The first-order valence-corrected chi connectivity index (χ1v) is 5.30. The molecule has 3 heteroatoms. The van der Waals surface area contributed by atoms with Crippen molar-refractivity contribution in [1.29, 1.82) is 0 Å². The Labute approximate surface area is 88.1 Å². The van der Waals surface area contributed by atoms with Gasteiger partial charge in [-0.25, -0.2) is 8.78 Å². The van der Waals surface area contributed by atoms with E-state index in [1.165, 1.54) is 18.2 Å². The van der Waals surface area contributed by atoms with E-state index in [2.05, 4.69) is 0 Å². The summed E-state index contributed by atoms with van der Waals surface area (Å²) in [6.45, 7) is 2.05. The molecule has 0 saturated carbocycles. The summed E-state index contributed by atoms with van der Waals surface area (Å²) in [5.41, 5.74) is 0.183. The molecule has 2 atom stereocenters. The third-order valence-electron chi connectivity index (χ3n) is 2.83. The molecular weight excluding hydrogens is 198 g/mol. The van der Waals surface area contributed by atoms with E-state index in [-0.39, 0.29) is 11.7 Å². The fourth-order valence-corrected chi connectivity index (χ4v) is 1.85. The molecule has 0 N–H and O–H groups in total. The number of hydrogen-bond donors (Lipinski definition) is 0. The van der Waals surface area contributed by atoms with E-state index in [1.54, 1.807) is 0 Å². The molecule has 1 heterocycles. The number of epoxide rings is 1. The summed E-state index contributed by atoms with van der Waals surface area (Å²) in [5, 5.41) is 0. The lowest BCUT2D eigenvalue weighted by molar-refractivity contribution is 0.358. The van der Waals surface area contributed by atoms with Crippen LogP contribution in [-0.2, 0) is 11.2 Å². The Morgan fingerprint density at radius 3 is 2.40 bits per heavy atom. The fraction of sp³-hybridized carbons (Fsp3) is 0.500. The minimum Gasteiger partial charge on any atom is -0.370 e. The van der Waals surface area contributed by atoms with Crippen LogP contribution in [0.25, 0.3) is 0 Å². The summed E-state index contributed by atoms with van der Waals surface area (Å²) in [6.07, 6.45) is 2.61. The fourth-order valence-electron chi connectivity index (χ4n) is 1.85. The zero-order valence-corrected chi connectivity index (χ0v) is 8.67. The van der Waals surface area contributed by atoms with Gasteiger partial charge in [0.25, 0.3) is 0 Å². The molecule has 2 unspecified atom stereocenters. The van der Waals surface area contributed by atoms with Crippen molar-refractivity contribution in [2.24, 2.45) is 0 Å². The number of halogens is 2. The highest BCUT2D eigenvalue weighted by atomic mass is 19.1. The zero-order chi connectivity index (χ0) is 10.8. The second-order valence-electron chi connectivity index (χ2n) is 3.86. The molecular formula is C12H14F2O. The average molecular weight is 212 g/mol. The Kier molecular flexibility index (Phi) is 3.00. The number of rotatable bonds is 4. The van der Waals surface area contributed by atoms with E-state index < -0.39 is 11.6 Å². The molecule has 1 aromatic rings. The first kappa shape index (κ1) is 10.6. The van der Waals surface area contributed by atoms with Crippen LogP contribution in [0.2, 0.25) is 0 Å². The predicted molar refractivity (Wildman–Crippen MR) is 53.6 cm³/mol. The highest BCUT2D eigenvalue weighted by Crippen LogP contribution is 2.29. The summed E-state index contributed by atoms with van der Waals surface area (Å²) < 4.78 is 31.8. The van der Waals surface area contributed by atoms with Gasteiger partial charge in [-0.2, -0.15) is 0 Å². The molecule has 1 fully saturated rings. The van der Waals surface area contributed by atoms with Gasteiger partial charge >= 0.3 is 0 Å². The van der Waals surface area contributed by atoms with Crippen molar-refractivity contribution in [3.05, 3.63) is 35.4 Å². The minimum atomic E-state index is -0.455. The summed E-state index contributed by atoms with van der Waals surface area (Å²) in [6, 6.07) is 3.98. The Bertz CT molecular complexity index is 331. The van der Waals surface area contributed by atoms with Crippen molar-refractivity contribution in [2.75, 3.05) is 0 Å². The van der Waals surface area contributed by atoms with Gasteiger partial charge in [0.15, 0.2) is 0 Å². The second-order valence-corrected chi connectivity index (χ2v) is 3.86. The molecule has 0 aromatic heterocycles. The molecule has 0 aliphatic carbocycles. The molecule has 1 aromatic carbocycles. The van der Waals surface area contributed by atoms with Gasteiger partial charge in [0.05, 0.1) is 12.2 Å². The van der Waals surface area contributed by atoms with Crippen molar-refractivity contribution >= 4 is 0 Å². The van der Waals surface area contributed by atoms with Crippen molar-refractivity contribution in [3.8, 4) is 0 Å². The van der Waals surface area contributed by atoms with E-state index in [0.29, 0.717) is 18.9 Å². The Hall–Kier alpha value is -0.960. The lowest BCUT2D eigenvalue weighted by Gasteiger charge is -2.02. The first-order chi connectivity index (χ1) is 7.22. The molecule has 82 valence electrons. The minimum absolute atomic E-state index is 0.183. The van der Waals surface area contributed by atoms with Crippen LogP contribution >= 0.6 is 0 Å². The highest BCUT2D eigenvalue weighted by Gasteiger charge is 2.36. The molecule has 1 saturated heterocycles.